The number of benzene rings is 1. The lowest BCUT2D eigenvalue weighted by molar-refractivity contribution is -0.0151. The molecule has 4 heterocycles. The van der Waals surface area contributed by atoms with Crippen LogP contribution in [0.25, 0.3) is 4.96 Å². The molecule has 0 aliphatic carbocycles. The number of piperidine rings is 2. The van der Waals surface area contributed by atoms with E-state index in [1.807, 2.05) is 5.38 Å². The number of hydrogen-bond acceptors (Lipinski definition) is 9. The molecule has 3 N–H and O–H groups in total. The fourth-order valence-electron chi connectivity index (χ4n) is 6.35. The number of nitrogens with two attached hydrogens (primary N) is 1. The number of thiazole rings is 1. The molecule has 2 aliphatic heterocycles. The second kappa shape index (κ2) is 12.9. The molecule has 2 unspecified atom stereocenters. The predicted octanol–water partition coefficient (Wildman–Crippen LogP) is 4.77. The van der Waals surface area contributed by atoms with E-state index in [1.165, 1.54) is 16.9 Å². The van der Waals surface area contributed by atoms with Crippen LogP contribution in [-0.2, 0) is 4.74 Å². The third-order valence-electron chi connectivity index (χ3n) is 8.33. The molecule has 1 amide bonds. The summed E-state index contributed by atoms with van der Waals surface area (Å²) < 4.78 is 13.5. The number of fused-ring (bicyclic) bond motifs is 1. The summed E-state index contributed by atoms with van der Waals surface area (Å²) in [6, 6.07) is 8.88. The second-order valence-electron chi connectivity index (χ2n) is 12.5. The van der Waals surface area contributed by atoms with Gasteiger partial charge in [-0.2, -0.15) is 0 Å². The number of amides is 1. The summed E-state index contributed by atoms with van der Waals surface area (Å²) in [5, 5.41) is 5.40. The van der Waals surface area contributed by atoms with Crippen molar-refractivity contribution in [1.29, 1.82) is 0 Å². The van der Waals surface area contributed by atoms with Crippen LogP contribution >= 0.6 is 27.3 Å². The summed E-state index contributed by atoms with van der Waals surface area (Å²) in [5.41, 5.74) is 6.48. The van der Waals surface area contributed by atoms with Gasteiger partial charge in [0.15, 0.2) is 4.96 Å². The van der Waals surface area contributed by atoms with Gasteiger partial charge in [0.2, 0.25) is 0 Å². The van der Waals surface area contributed by atoms with Gasteiger partial charge in [-0.05, 0) is 64.8 Å². The van der Waals surface area contributed by atoms with Crippen LogP contribution < -0.4 is 21.3 Å². The lowest BCUT2D eigenvalue weighted by Gasteiger charge is -2.45. The van der Waals surface area contributed by atoms with Crippen LogP contribution in [0.15, 0.2) is 45.1 Å². The summed E-state index contributed by atoms with van der Waals surface area (Å²) in [5.74, 6) is 1.80. The van der Waals surface area contributed by atoms with E-state index in [1.54, 1.807) is 10.6 Å². The lowest BCUT2D eigenvalue weighted by Crippen LogP contribution is -2.52. The molecule has 1 aromatic carbocycles. The molecule has 0 spiro atoms. The van der Waals surface area contributed by atoms with Crippen LogP contribution in [0.4, 0.5) is 10.6 Å². The van der Waals surface area contributed by atoms with Crippen molar-refractivity contribution in [3.8, 4) is 5.75 Å². The number of likely N-dealkylation sites (N-methyl/N-ethyl adjacent to an activating group) is 1. The maximum Gasteiger partial charge on any atom is 0.404 e. The molecule has 2 fully saturated rings. The topological polar surface area (TPSA) is 114 Å². The van der Waals surface area contributed by atoms with Gasteiger partial charge < -0.3 is 25.4 Å². The highest BCUT2D eigenvalue weighted by Crippen LogP contribution is 2.33. The van der Waals surface area contributed by atoms with E-state index in [2.05, 4.69) is 88.1 Å². The van der Waals surface area contributed by atoms with Crippen molar-refractivity contribution in [3.63, 3.8) is 0 Å². The Balaban J connectivity index is 1.16. The first-order valence-corrected chi connectivity index (χ1v) is 16.2. The standard InChI is InChI=1S/C30H41BrN6O4S/c1-30(2,3)24-16-23(41-28(32)39)9-10-36(24)11-13-40-22-7-5-19(6-8-22)20-15-21(18-35(4)17-20)33-26-25(31)27(38)37-12-14-42-29(37)34-26/h5-8,12,14,20-21,23-24,33H,9-11,13,15-18H2,1-4H3,(H2,32,39)/t20-,21+,23?,24?/m0/s1. The Bertz CT molecular complexity index is 1440. The van der Waals surface area contributed by atoms with E-state index in [0.717, 1.165) is 51.2 Å². The molecule has 4 atom stereocenters. The fourth-order valence-corrected chi connectivity index (χ4v) is 7.45. The summed E-state index contributed by atoms with van der Waals surface area (Å²) in [7, 11) is 2.13. The van der Waals surface area contributed by atoms with Crippen LogP contribution in [0, 0.1) is 5.41 Å². The quantitative estimate of drug-likeness (QED) is 0.355. The molecule has 0 radical (unpaired) electrons. The molecule has 12 heteroatoms. The zero-order valence-electron chi connectivity index (χ0n) is 24.7. The monoisotopic (exact) mass is 660 g/mol. The number of halogens is 1. The smallest absolute Gasteiger partial charge is 0.404 e. The number of anilines is 1. The number of nitrogens with one attached hydrogen (secondary N) is 1. The molecule has 5 rings (SSSR count). The zero-order chi connectivity index (χ0) is 30.0. The number of nitrogens with zero attached hydrogens (tertiary/aromatic N) is 4. The summed E-state index contributed by atoms with van der Waals surface area (Å²) in [6.45, 7) is 10.7. The van der Waals surface area contributed by atoms with Gasteiger partial charge in [-0.15, -0.1) is 11.3 Å². The maximum absolute atomic E-state index is 12.7. The number of aromatic nitrogens is 2. The first-order chi connectivity index (χ1) is 20.0. The Morgan fingerprint density at radius 2 is 1.98 bits per heavy atom. The predicted molar refractivity (Wildman–Crippen MR) is 170 cm³/mol. The Morgan fingerprint density at radius 3 is 2.69 bits per heavy atom. The molecule has 2 aromatic heterocycles. The van der Waals surface area contributed by atoms with E-state index in [0.29, 0.717) is 27.8 Å². The normalized spacial score (nSPS) is 24.0. The summed E-state index contributed by atoms with van der Waals surface area (Å²) in [4.78, 5) is 34.1. The van der Waals surface area contributed by atoms with E-state index in [-0.39, 0.29) is 29.2 Å². The molecule has 3 aromatic rings. The number of primary amides is 1. The van der Waals surface area contributed by atoms with Gasteiger partial charge in [0, 0.05) is 56.3 Å². The molecule has 2 saturated heterocycles. The molecule has 10 nitrogen and oxygen atoms in total. The van der Waals surface area contributed by atoms with Crippen molar-refractivity contribution in [1.82, 2.24) is 19.2 Å². The molecule has 0 saturated carbocycles. The molecule has 228 valence electrons. The third kappa shape index (κ3) is 7.27. The number of carbonyl (C=O) groups excluding carboxylic acids is 1. The van der Waals surface area contributed by atoms with Gasteiger partial charge in [0.05, 0.1) is 0 Å². The number of hydrogen-bond donors (Lipinski definition) is 2. The van der Waals surface area contributed by atoms with E-state index in [4.69, 9.17) is 15.2 Å². The van der Waals surface area contributed by atoms with Crippen LogP contribution in [0.1, 0.15) is 51.5 Å². The van der Waals surface area contributed by atoms with Gasteiger partial charge in [-0.25, -0.2) is 9.78 Å². The average molecular weight is 662 g/mol. The Morgan fingerprint density at radius 1 is 1.21 bits per heavy atom. The average Bonchev–Trinajstić information content (AvgIpc) is 3.40. The third-order valence-corrected chi connectivity index (χ3v) is 9.80. The first-order valence-electron chi connectivity index (χ1n) is 14.5. The van der Waals surface area contributed by atoms with E-state index >= 15 is 0 Å². The largest absolute Gasteiger partial charge is 0.492 e. The molecular formula is C30H41BrN6O4S. The Labute approximate surface area is 259 Å². The number of likely N-dealkylation sites (tertiary alicyclic amines) is 2. The highest BCUT2D eigenvalue weighted by atomic mass is 79.9. The van der Waals surface area contributed by atoms with Gasteiger partial charge in [-0.3, -0.25) is 14.1 Å². The number of ether oxygens (including phenoxy) is 2. The Kier molecular flexibility index (Phi) is 9.46. The van der Waals surface area contributed by atoms with E-state index < -0.39 is 6.09 Å². The van der Waals surface area contributed by atoms with Crippen LogP contribution in [0.2, 0.25) is 0 Å². The van der Waals surface area contributed by atoms with Gasteiger partial charge in [-0.1, -0.05) is 32.9 Å². The number of carbonyl (C=O) groups is 1. The van der Waals surface area contributed by atoms with Crippen molar-refractivity contribution < 1.29 is 14.3 Å². The summed E-state index contributed by atoms with van der Waals surface area (Å²) >= 11 is 4.91. The van der Waals surface area contributed by atoms with Crippen molar-refractivity contribution in [3.05, 3.63) is 56.2 Å². The zero-order valence-corrected chi connectivity index (χ0v) is 27.1. The minimum Gasteiger partial charge on any atom is -0.492 e. The second-order valence-corrected chi connectivity index (χ2v) is 14.2. The first kappa shape index (κ1) is 30.8. The van der Waals surface area contributed by atoms with Gasteiger partial charge in [0.1, 0.15) is 28.8 Å². The van der Waals surface area contributed by atoms with Crippen molar-refractivity contribution in [2.24, 2.45) is 11.1 Å². The van der Waals surface area contributed by atoms with Crippen molar-refractivity contribution in [2.75, 3.05) is 45.2 Å². The molecule has 0 bridgehead atoms. The van der Waals surface area contributed by atoms with Crippen LogP contribution in [0.3, 0.4) is 0 Å². The van der Waals surface area contributed by atoms with Crippen molar-refractivity contribution >= 4 is 44.1 Å². The van der Waals surface area contributed by atoms with Crippen molar-refractivity contribution in [2.45, 2.75) is 64.1 Å². The number of rotatable bonds is 8. The molecular weight excluding hydrogens is 620 g/mol. The Hall–Kier alpha value is -2.67. The SMILES string of the molecule is CN1C[C@H](Nc2nc3sccn3c(=O)c2Br)C[C@H](c2ccc(OCCN3CCC(OC(N)=O)CC3C(C)(C)C)cc2)C1. The lowest BCUT2D eigenvalue weighted by atomic mass is 9.79. The minimum absolute atomic E-state index is 0.0419. The molecule has 42 heavy (non-hydrogen) atoms. The fraction of sp³-hybridized carbons (Fsp3) is 0.567. The highest BCUT2D eigenvalue weighted by molar-refractivity contribution is 9.10. The maximum atomic E-state index is 12.7. The van der Waals surface area contributed by atoms with Gasteiger partial charge in [0.25, 0.3) is 5.56 Å². The van der Waals surface area contributed by atoms with Crippen LogP contribution in [-0.4, -0.2) is 83.3 Å². The van der Waals surface area contributed by atoms with E-state index in [9.17, 15) is 9.59 Å². The highest BCUT2D eigenvalue weighted by Gasteiger charge is 2.37. The van der Waals surface area contributed by atoms with Crippen LogP contribution in [0.5, 0.6) is 5.75 Å². The van der Waals surface area contributed by atoms with Gasteiger partial charge >= 0.3 is 6.09 Å². The molecule has 2 aliphatic rings. The minimum atomic E-state index is -0.697. The summed E-state index contributed by atoms with van der Waals surface area (Å²) in [6.07, 6.45) is 3.41.